The fourth-order valence-electron chi connectivity index (χ4n) is 2.35. The van der Waals surface area contributed by atoms with Gasteiger partial charge in [-0.2, -0.15) is 0 Å². The standard InChI is InChI=1S/C20H20Cl2N2O6/c1-3-29-17-8-12(4-5-16(17)26)15(25)6-7-18(27)30-11(2)20(28)24-19-14(22)9-13(21)10-23-19/h4-5,8-11,26H,3,6-7H2,1-2H3,(H,23,24,28). The molecule has 2 rings (SSSR count). The molecule has 0 aliphatic rings. The molecule has 2 N–H and O–H groups in total. The van der Waals surface area contributed by atoms with Crippen molar-refractivity contribution in [3.05, 3.63) is 46.1 Å². The van der Waals surface area contributed by atoms with Crippen molar-refractivity contribution in [2.45, 2.75) is 32.8 Å². The van der Waals surface area contributed by atoms with E-state index >= 15 is 0 Å². The minimum absolute atomic E-state index is 0.0806. The van der Waals surface area contributed by atoms with Crippen LogP contribution in [0.1, 0.15) is 37.0 Å². The lowest BCUT2D eigenvalue weighted by molar-refractivity contribution is -0.153. The SMILES string of the molecule is CCOc1cc(C(=O)CCC(=O)OC(C)C(=O)Nc2ncc(Cl)cc2Cl)ccc1O. The van der Waals surface area contributed by atoms with Crippen LogP contribution in [0, 0.1) is 0 Å². The number of benzene rings is 1. The minimum atomic E-state index is -1.13. The molecule has 0 saturated carbocycles. The highest BCUT2D eigenvalue weighted by molar-refractivity contribution is 6.36. The van der Waals surface area contributed by atoms with Crippen molar-refractivity contribution in [3.63, 3.8) is 0 Å². The molecule has 1 heterocycles. The molecule has 0 radical (unpaired) electrons. The number of amides is 1. The Morgan fingerprint density at radius 1 is 1.20 bits per heavy atom. The summed E-state index contributed by atoms with van der Waals surface area (Å²) in [6.45, 7) is 3.46. The summed E-state index contributed by atoms with van der Waals surface area (Å²) in [5.74, 6) is -1.49. The third-order valence-corrected chi connectivity index (χ3v) is 4.36. The summed E-state index contributed by atoms with van der Waals surface area (Å²) < 4.78 is 10.3. The van der Waals surface area contributed by atoms with Gasteiger partial charge in [-0.1, -0.05) is 23.2 Å². The average molecular weight is 455 g/mol. The van der Waals surface area contributed by atoms with E-state index in [-0.39, 0.29) is 41.0 Å². The number of phenols is 1. The van der Waals surface area contributed by atoms with Crippen LogP contribution in [0.4, 0.5) is 5.82 Å². The van der Waals surface area contributed by atoms with Crippen molar-refractivity contribution in [2.75, 3.05) is 11.9 Å². The number of rotatable bonds is 9. The number of aromatic hydroxyl groups is 1. The Morgan fingerprint density at radius 2 is 1.93 bits per heavy atom. The molecule has 0 saturated heterocycles. The van der Waals surface area contributed by atoms with Crippen molar-refractivity contribution in [3.8, 4) is 11.5 Å². The quantitative estimate of drug-likeness (QED) is 0.434. The van der Waals surface area contributed by atoms with E-state index in [0.29, 0.717) is 17.2 Å². The van der Waals surface area contributed by atoms with E-state index in [1.54, 1.807) is 6.92 Å². The predicted octanol–water partition coefficient (Wildman–Crippen LogP) is 4.03. The summed E-state index contributed by atoms with van der Waals surface area (Å²) in [4.78, 5) is 40.3. The fraction of sp³-hybridized carbons (Fsp3) is 0.300. The number of carbonyl (C=O) groups is 3. The Balaban J connectivity index is 1.86. The number of phenolic OH excluding ortho intramolecular Hbond substituents is 1. The Morgan fingerprint density at radius 3 is 2.60 bits per heavy atom. The van der Waals surface area contributed by atoms with Crippen LogP contribution < -0.4 is 10.1 Å². The molecule has 0 spiro atoms. The van der Waals surface area contributed by atoms with E-state index in [0.717, 1.165) is 0 Å². The first-order chi connectivity index (χ1) is 14.2. The maximum Gasteiger partial charge on any atom is 0.307 e. The van der Waals surface area contributed by atoms with Crippen molar-refractivity contribution in [1.82, 2.24) is 4.98 Å². The number of ether oxygens (including phenoxy) is 2. The molecule has 1 amide bonds. The van der Waals surface area contributed by atoms with Gasteiger partial charge in [0.15, 0.2) is 29.2 Å². The molecule has 8 nitrogen and oxygen atoms in total. The molecule has 1 aromatic heterocycles. The second-order valence-electron chi connectivity index (χ2n) is 6.14. The van der Waals surface area contributed by atoms with E-state index < -0.39 is 18.0 Å². The van der Waals surface area contributed by atoms with E-state index in [1.807, 2.05) is 0 Å². The highest BCUT2D eigenvalue weighted by atomic mass is 35.5. The first kappa shape index (κ1) is 23.4. The lowest BCUT2D eigenvalue weighted by Gasteiger charge is -2.14. The first-order valence-electron chi connectivity index (χ1n) is 9.01. The lowest BCUT2D eigenvalue weighted by Crippen LogP contribution is -2.30. The van der Waals surface area contributed by atoms with Gasteiger partial charge < -0.3 is 19.9 Å². The van der Waals surface area contributed by atoms with Crippen LogP contribution in [0.2, 0.25) is 10.0 Å². The number of anilines is 1. The lowest BCUT2D eigenvalue weighted by atomic mass is 10.1. The van der Waals surface area contributed by atoms with Gasteiger partial charge in [-0.15, -0.1) is 0 Å². The van der Waals surface area contributed by atoms with Crippen LogP contribution >= 0.6 is 23.2 Å². The summed E-state index contributed by atoms with van der Waals surface area (Å²) in [5.41, 5.74) is 0.290. The van der Waals surface area contributed by atoms with Gasteiger partial charge >= 0.3 is 5.97 Å². The third-order valence-electron chi connectivity index (χ3n) is 3.86. The summed E-state index contributed by atoms with van der Waals surface area (Å²) >= 11 is 11.7. The molecule has 0 aliphatic carbocycles. The van der Waals surface area contributed by atoms with Crippen molar-refractivity contribution >= 4 is 46.7 Å². The van der Waals surface area contributed by atoms with Crippen LogP contribution in [0.3, 0.4) is 0 Å². The number of nitrogens with zero attached hydrogens (tertiary/aromatic N) is 1. The predicted molar refractivity (Wildman–Crippen MR) is 111 cm³/mol. The Kier molecular flexibility index (Phi) is 8.44. The van der Waals surface area contributed by atoms with Gasteiger partial charge in [-0.25, -0.2) is 4.98 Å². The van der Waals surface area contributed by atoms with Crippen LogP contribution in [0.15, 0.2) is 30.5 Å². The highest BCUT2D eigenvalue weighted by Gasteiger charge is 2.20. The van der Waals surface area contributed by atoms with Gasteiger partial charge in [0.1, 0.15) is 0 Å². The molecule has 160 valence electrons. The first-order valence-corrected chi connectivity index (χ1v) is 9.77. The molecule has 1 aromatic carbocycles. The maximum atomic E-state index is 12.3. The monoisotopic (exact) mass is 454 g/mol. The number of esters is 1. The average Bonchev–Trinajstić information content (AvgIpc) is 2.70. The van der Waals surface area contributed by atoms with Crippen LogP contribution in [-0.2, 0) is 14.3 Å². The van der Waals surface area contributed by atoms with E-state index in [1.165, 1.54) is 37.4 Å². The second-order valence-corrected chi connectivity index (χ2v) is 6.99. The van der Waals surface area contributed by atoms with Gasteiger partial charge in [0.25, 0.3) is 5.91 Å². The summed E-state index contributed by atoms with van der Waals surface area (Å²) in [7, 11) is 0. The number of carbonyl (C=O) groups excluding carboxylic acids is 3. The number of halogens is 2. The Hall–Kier alpha value is -2.84. The number of aromatic nitrogens is 1. The maximum absolute atomic E-state index is 12.3. The molecule has 0 fully saturated rings. The van der Waals surface area contributed by atoms with Crippen LogP contribution in [-0.4, -0.2) is 40.5 Å². The zero-order valence-electron chi connectivity index (χ0n) is 16.3. The second kappa shape index (κ2) is 10.8. The molecule has 1 unspecified atom stereocenters. The third kappa shape index (κ3) is 6.60. The Bertz CT molecular complexity index is 951. The molecule has 0 aliphatic heterocycles. The van der Waals surface area contributed by atoms with Crippen molar-refractivity contribution < 1.29 is 29.0 Å². The Labute approximate surface area is 183 Å². The van der Waals surface area contributed by atoms with Gasteiger partial charge in [-0.3, -0.25) is 14.4 Å². The zero-order chi connectivity index (χ0) is 22.3. The number of ketones is 1. The molecular formula is C20H20Cl2N2O6. The van der Waals surface area contributed by atoms with Gasteiger partial charge in [0.2, 0.25) is 0 Å². The molecule has 1 atom stereocenters. The fourth-order valence-corrected chi connectivity index (χ4v) is 2.78. The van der Waals surface area contributed by atoms with Gasteiger partial charge in [0, 0.05) is 18.2 Å². The van der Waals surface area contributed by atoms with Gasteiger partial charge in [-0.05, 0) is 38.1 Å². The van der Waals surface area contributed by atoms with Crippen molar-refractivity contribution in [2.24, 2.45) is 0 Å². The number of Topliss-reactive ketones (excluding diaryl/α,β-unsaturated/α-hetero) is 1. The zero-order valence-corrected chi connectivity index (χ0v) is 17.8. The molecule has 0 bridgehead atoms. The number of hydrogen-bond acceptors (Lipinski definition) is 7. The van der Waals surface area contributed by atoms with E-state index in [2.05, 4.69) is 10.3 Å². The number of nitrogens with one attached hydrogen (secondary N) is 1. The molecule has 2 aromatic rings. The molecular weight excluding hydrogens is 435 g/mol. The minimum Gasteiger partial charge on any atom is -0.504 e. The van der Waals surface area contributed by atoms with E-state index in [4.69, 9.17) is 32.7 Å². The highest BCUT2D eigenvalue weighted by Crippen LogP contribution is 2.27. The number of hydrogen-bond donors (Lipinski definition) is 2. The summed E-state index contributed by atoms with van der Waals surface area (Å²) in [6.07, 6.45) is -0.166. The smallest absolute Gasteiger partial charge is 0.307 e. The largest absolute Gasteiger partial charge is 0.504 e. The number of pyridine rings is 1. The molecule has 30 heavy (non-hydrogen) atoms. The summed E-state index contributed by atoms with van der Waals surface area (Å²) in [5, 5.41) is 12.6. The molecule has 10 heteroatoms. The van der Waals surface area contributed by atoms with Crippen LogP contribution in [0.5, 0.6) is 11.5 Å². The normalized spacial score (nSPS) is 11.5. The topological polar surface area (TPSA) is 115 Å². The van der Waals surface area contributed by atoms with Crippen LogP contribution in [0.25, 0.3) is 0 Å². The van der Waals surface area contributed by atoms with E-state index in [9.17, 15) is 19.5 Å². The summed E-state index contributed by atoms with van der Waals surface area (Å²) in [6, 6.07) is 5.60. The van der Waals surface area contributed by atoms with Crippen molar-refractivity contribution in [1.29, 1.82) is 0 Å². The van der Waals surface area contributed by atoms with Gasteiger partial charge in [0.05, 0.1) is 23.1 Å².